The molecule has 2 saturated heterocycles. The number of para-hydroxylation sites is 1. The molecule has 5 heteroatoms. The summed E-state index contributed by atoms with van der Waals surface area (Å²) >= 11 is 6.09. The molecule has 2 aliphatic heterocycles. The van der Waals surface area contributed by atoms with Gasteiger partial charge in [0, 0.05) is 23.7 Å². The fraction of sp³-hybridized carbons (Fsp3) is 0.316. The van der Waals surface area contributed by atoms with Crippen LogP contribution in [0.15, 0.2) is 48.5 Å². The van der Waals surface area contributed by atoms with Crippen LogP contribution in [0.5, 0.6) is 11.5 Å². The Morgan fingerprint density at radius 3 is 2.58 bits per heavy atom. The summed E-state index contributed by atoms with van der Waals surface area (Å²) in [4.78, 5) is 12.4. The lowest BCUT2D eigenvalue weighted by Crippen LogP contribution is -2.42. The van der Waals surface area contributed by atoms with Crippen LogP contribution in [-0.2, 0) is 0 Å². The number of hydrogen-bond donors (Lipinski definition) is 2. The molecule has 0 aliphatic carbocycles. The zero-order valence-electron chi connectivity index (χ0n) is 13.2. The molecule has 2 bridgehead atoms. The molecule has 0 unspecified atom stereocenters. The van der Waals surface area contributed by atoms with Crippen molar-refractivity contribution in [2.24, 2.45) is 0 Å². The van der Waals surface area contributed by atoms with E-state index in [9.17, 15) is 4.79 Å². The fourth-order valence-electron chi connectivity index (χ4n) is 3.56. The molecule has 3 atom stereocenters. The maximum absolute atomic E-state index is 12.4. The molecule has 2 fully saturated rings. The van der Waals surface area contributed by atoms with Gasteiger partial charge >= 0.3 is 0 Å². The lowest BCUT2D eigenvalue weighted by Gasteiger charge is -2.21. The van der Waals surface area contributed by atoms with E-state index in [0.29, 0.717) is 34.2 Å². The van der Waals surface area contributed by atoms with Crippen molar-refractivity contribution in [1.29, 1.82) is 0 Å². The number of carbonyl (C=O) groups excluding carboxylic acids is 1. The van der Waals surface area contributed by atoms with Crippen LogP contribution < -0.4 is 15.4 Å². The number of halogens is 1. The number of amides is 1. The molecular formula is C19H19ClN2O2. The number of benzene rings is 2. The van der Waals surface area contributed by atoms with Crippen LogP contribution in [0.25, 0.3) is 0 Å². The number of rotatable bonds is 4. The first kappa shape index (κ1) is 15.5. The second-order valence-electron chi connectivity index (χ2n) is 6.42. The minimum atomic E-state index is -0.0290. The molecule has 0 aromatic heterocycles. The highest BCUT2D eigenvalue weighted by atomic mass is 35.5. The van der Waals surface area contributed by atoms with Crippen LogP contribution in [0.3, 0.4) is 0 Å². The van der Waals surface area contributed by atoms with Crippen LogP contribution in [0.2, 0.25) is 5.02 Å². The van der Waals surface area contributed by atoms with Gasteiger partial charge in [-0.05, 0) is 55.7 Å². The van der Waals surface area contributed by atoms with Gasteiger partial charge in [0.15, 0.2) is 0 Å². The zero-order chi connectivity index (χ0) is 16.5. The Morgan fingerprint density at radius 1 is 1.12 bits per heavy atom. The van der Waals surface area contributed by atoms with Gasteiger partial charge in [0.2, 0.25) is 0 Å². The molecular weight excluding hydrogens is 324 g/mol. The summed E-state index contributed by atoms with van der Waals surface area (Å²) in [5, 5.41) is 7.23. The van der Waals surface area contributed by atoms with Gasteiger partial charge in [0.1, 0.15) is 11.5 Å². The van der Waals surface area contributed by atoms with Gasteiger partial charge in [-0.1, -0.05) is 23.7 Å². The van der Waals surface area contributed by atoms with Gasteiger partial charge in [-0.25, -0.2) is 0 Å². The first-order valence-corrected chi connectivity index (χ1v) is 8.66. The third kappa shape index (κ3) is 3.12. The average molecular weight is 343 g/mol. The number of fused-ring (bicyclic) bond motifs is 2. The lowest BCUT2D eigenvalue weighted by atomic mass is 9.95. The summed E-state index contributed by atoms with van der Waals surface area (Å²) in [6.07, 6.45) is 3.41. The molecule has 4 rings (SSSR count). The Kier molecular flexibility index (Phi) is 4.17. The molecule has 0 radical (unpaired) electrons. The third-order valence-corrected chi connectivity index (χ3v) is 5.11. The van der Waals surface area contributed by atoms with Crippen molar-refractivity contribution in [1.82, 2.24) is 10.6 Å². The SMILES string of the molecule is O=C(N[C@@H]1C[C@H]2CC[C@@H]1N2)c1ccc(Oc2ccccc2Cl)cc1. The largest absolute Gasteiger partial charge is 0.456 e. The van der Waals surface area contributed by atoms with E-state index in [2.05, 4.69) is 10.6 Å². The number of ether oxygens (including phenoxy) is 1. The van der Waals surface area contributed by atoms with E-state index in [0.717, 1.165) is 12.8 Å². The summed E-state index contributed by atoms with van der Waals surface area (Å²) in [6, 6.07) is 15.7. The number of hydrogen-bond acceptors (Lipinski definition) is 3. The second kappa shape index (κ2) is 6.46. The molecule has 2 aliphatic rings. The highest BCUT2D eigenvalue weighted by Gasteiger charge is 2.39. The van der Waals surface area contributed by atoms with Gasteiger partial charge in [-0.3, -0.25) is 4.79 Å². The van der Waals surface area contributed by atoms with E-state index in [-0.39, 0.29) is 11.9 Å². The molecule has 0 spiro atoms. The van der Waals surface area contributed by atoms with Crippen LogP contribution in [0, 0.1) is 0 Å². The normalized spacial score (nSPS) is 24.8. The van der Waals surface area contributed by atoms with Crippen LogP contribution in [0.4, 0.5) is 0 Å². The van der Waals surface area contributed by atoms with Crippen LogP contribution >= 0.6 is 11.6 Å². The first-order chi connectivity index (χ1) is 11.7. The molecule has 1 amide bonds. The highest BCUT2D eigenvalue weighted by molar-refractivity contribution is 6.32. The summed E-state index contributed by atoms with van der Waals surface area (Å²) in [7, 11) is 0. The van der Waals surface area contributed by atoms with Crippen molar-refractivity contribution < 1.29 is 9.53 Å². The maximum Gasteiger partial charge on any atom is 0.251 e. The van der Waals surface area contributed by atoms with Crippen molar-refractivity contribution in [3.63, 3.8) is 0 Å². The molecule has 2 N–H and O–H groups in total. The topological polar surface area (TPSA) is 50.4 Å². The predicted molar refractivity (Wildman–Crippen MR) is 93.8 cm³/mol. The Balaban J connectivity index is 1.40. The van der Waals surface area contributed by atoms with E-state index in [1.807, 2.05) is 18.2 Å². The van der Waals surface area contributed by atoms with E-state index in [1.54, 1.807) is 30.3 Å². The lowest BCUT2D eigenvalue weighted by molar-refractivity contribution is 0.0931. The number of carbonyl (C=O) groups is 1. The Hall–Kier alpha value is -2.04. The minimum Gasteiger partial charge on any atom is -0.456 e. The van der Waals surface area contributed by atoms with Crippen LogP contribution in [0.1, 0.15) is 29.6 Å². The molecule has 2 heterocycles. The average Bonchev–Trinajstić information content (AvgIpc) is 3.20. The summed E-state index contributed by atoms with van der Waals surface area (Å²) in [6.45, 7) is 0. The summed E-state index contributed by atoms with van der Waals surface area (Å²) < 4.78 is 5.74. The quantitative estimate of drug-likeness (QED) is 0.889. The molecule has 0 saturated carbocycles. The van der Waals surface area contributed by atoms with Crippen molar-refractivity contribution in [3.05, 3.63) is 59.1 Å². The highest BCUT2D eigenvalue weighted by Crippen LogP contribution is 2.30. The molecule has 2 aromatic carbocycles. The third-order valence-electron chi connectivity index (χ3n) is 4.80. The van der Waals surface area contributed by atoms with Gasteiger partial charge in [-0.2, -0.15) is 0 Å². The monoisotopic (exact) mass is 342 g/mol. The maximum atomic E-state index is 12.4. The Labute approximate surface area is 146 Å². The summed E-state index contributed by atoms with van der Waals surface area (Å²) in [5.41, 5.74) is 0.643. The van der Waals surface area contributed by atoms with Gasteiger partial charge in [-0.15, -0.1) is 0 Å². The second-order valence-corrected chi connectivity index (χ2v) is 6.83. The van der Waals surface area contributed by atoms with E-state index < -0.39 is 0 Å². The van der Waals surface area contributed by atoms with Gasteiger partial charge in [0.05, 0.1) is 5.02 Å². The Morgan fingerprint density at radius 2 is 1.92 bits per heavy atom. The Bertz CT molecular complexity index is 747. The summed E-state index contributed by atoms with van der Waals surface area (Å²) in [5.74, 6) is 1.23. The molecule has 24 heavy (non-hydrogen) atoms. The zero-order valence-corrected chi connectivity index (χ0v) is 13.9. The van der Waals surface area contributed by atoms with Gasteiger partial charge in [0.25, 0.3) is 5.91 Å². The van der Waals surface area contributed by atoms with Crippen molar-refractivity contribution in [3.8, 4) is 11.5 Å². The smallest absolute Gasteiger partial charge is 0.251 e. The standard InChI is InChI=1S/C19H19ClN2O2/c20-15-3-1-2-4-18(15)24-14-8-5-12(6-9-14)19(23)22-17-11-13-7-10-16(17)21-13/h1-6,8-9,13,16-17,21H,7,10-11H2,(H,22,23)/t13-,16+,17-/m1/s1. The van der Waals surface area contributed by atoms with E-state index in [1.165, 1.54) is 6.42 Å². The van der Waals surface area contributed by atoms with Crippen molar-refractivity contribution >= 4 is 17.5 Å². The van der Waals surface area contributed by atoms with Gasteiger partial charge < -0.3 is 15.4 Å². The van der Waals surface area contributed by atoms with Crippen molar-refractivity contribution in [2.75, 3.05) is 0 Å². The van der Waals surface area contributed by atoms with E-state index in [4.69, 9.17) is 16.3 Å². The predicted octanol–water partition coefficient (Wildman–Crippen LogP) is 3.76. The molecule has 2 aromatic rings. The van der Waals surface area contributed by atoms with Crippen LogP contribution in [-0.4, -0.2) is 24.0 Å². The molecule has 124 valence electrons. The minimum absolute atomic E-state index is 0.0290. The fourth-order valence-corrected chi connectivity index (χ4v) is 3.74. The van der Waals surface area contributed by atoms with Crippen molar-refractivity contribution in [2.45, 2.75) is 37.4 Å². The molecule has 4 nitrogen and oxygen atoms in total. The van der Waals surface area contributed by atoms with E-state index >= 15 is 0 Å². The first-order valence-electron chi connectivity index (χ1n) is 8.28. The number of nitrogens with one attached hydrogen (secondary N) is 2.